The number of nitrogens with zero attached hydrogens (tertiary/aromatic N) is 3. The largest absolute Gasteiger partial charge is 0.300 e. The Hall–Kier alpha value is -0.620. The SMILES string of the molecule is CC(C)(C)c1nnc(Cl)n1CC1CCCS1(=O)=O. The summed E-state index contributed by atoms with van der Waals surface area (Å²) >= 11 is 6.02. The van der Waals surface area contributed by atoms with E-state index >= 15 is 0 Å². The van der Waals surface area contributed by atoms with Crippen LogP contribution in [0.2, 0.25) is 5.28 Å². The molecule has 0 saturated carbocycles. The molecule has 7 heteroatoms. The first-order valence-electron chi connectivity index (χ1n) is 6.02. The summed E-state index contributed by atoms with van der Waals surface area (Å²) in [5, 5.41) is 7.83. The molecule has 0 N–H and O–H groups in total. The first-order chi connectivity index (χ1) is 8.22. The molecule has 18 heavy (non-hydrogen) atoms. The topological polar surface area (TPSA) is 64.8 Å². The Morgan fingerprint density at radius 2 is 2.06 bits per heavy atom. The third kappa shape index (κ3) is 2.54. The zero-order chi connectivity index (χ0) is 13.6. The molecule has 0 spiro atoms. The van der Waals surface area contributed by atoms with Crippen LogP contribution in [0.4, 0.5) is 0 Å². The quantitative estimate of drug-likeness (QED) is 0.833. The summed E-state index contributed by atoms with van der Waals surface area (Å²) in [5.41, 5.74) is -0.206. The number of sulfone groups is 1. The van der Waals surface area contributed by atoms with E-state index in [1.54, 1.807) is 4.57 Å². The average Bonchev–Trinajstić information content (AvgIpc) is 2.72. The van der Waals surface area contributed by atoms with Gasteiger partial charge in [0.15, 0.2) is 9.84 Å². The molecule has 0 amide bonds. The second kappa shape index (κ2) is 4.49. The Bertz CT molecular complexity index is 545. The van der Waals surface area contributed by atoms with Gasteiger partial charge in [-0.1, -0.05) is 20.8 Å². The molecule has 1 saturated heterocycles. The highest BCUT2D eigenvalue weighted by atomic mass is 35.5. The highest BCUT2D eigenvalue weighted by Crippen LogP contribution is 2.27. The van der Waals surface area contributed by atoms with E-state index in [1.165, 1.54) is 0 Å². The minimum absolute atomic E-state index is 0.206. The molecular formula is C11H18ClN3O2S. The van der Waals surface area contributed by atoms with E-state index in [2.05, 4.69) is 10.2 Å². The van der Waals surface area contributed by atoms with Crippen LogP contribution in [0.5, 0.6) is 0 Å². The molecule has 1 fully saturated rings. The van der Waals surface area contributed by atoms with Gasteiger partial charge in [-0.3, -0.25) is 0 Å². The maximum absolute atomic E-state index is 11.9. The number of rotatable bonds is 2. The van der Waals surface area contributed by atoms with Crippen molar-refractivity contribution in [2.24, 2.45) is 0 Å². The Balaban J connectivity index is 2.32. The fraction of sp³-hybridized carbons (Fsp3) is 0.818. The maximum atomic E-state index is 11.9. The van der Waals surface area contributed by atoms with Crippen molar-refractivity contribution in [2.75, 3.05) is 5.75 Å². The zero-order valence-corrected chi connectivity index (χ0v) is 12.4. The van der Waals surface area contributed by atoms with E-state index in [0.29, 0.717) is 13.0 Å². The van der Waals surface area contributed by atoms with Gasteiger partial charge in [-0.15, -0.1) is 10.2 Å². The molecule has 0 bridgehead atoms. The molecule has 1 atom stereocenters. The molecule has 1 unspecified atom stereocenters. The molecule has 1 aromatic rings. The molecular weight excluding hydrogens is 274 g/mol. The van der Waals surface area contributed by atoms with Gasteiger partial charge in [0.2, 0.25) is 5.28 Å². The van der Waals surface area contributed by atoms with Crippen LogP contribution in [0, 0.1) is 0 Å². The monoisotopic (exact) mass is 291 g/mol. The lowest BCUT2D eigenvalue weighted by atomic mass is 9.95. The Morgan fingerprint density at radius 3 is 2.56 bits per heavy atom. The van der Waals surface area contributed by atoms with Crippen LogP contribution in [-0.4, -0.2) is 34.2 Å². The van der Waals surface area contributed by atoms with Gasteiger partial charge in [-0.25, -0.2) is 8.42 Å². The summed E-state index contributed by atoms with van der Waals surface area (Å²) < 4.78 is 25.5. The average molecular weight is 292 g/mol. The van der Waals surface area contributed by atoms with Gasteiger partial charge in [0.05, 0.1) is 11.0 Å². The summed E-state index contributed by atoms with van der Waals surface area (Å²) in [6.07, 6.45) is 1.43. The highest BCUT2D eigenvalue weighted by molar-refractivity contribution is 7.92. The first kappa shape index (κ1) is 13.8. The number of halogens is 1. The second-order valence-electron chi connectivity index (χ2n) is 5.78. The van der Waals surface area contributed by atoms with Gasteiger partial charge in [-0.05, 0) is 24.4 Å². The van der Waals surface area contributed by atoms with Crippen molar-refractivity contribution >= 4 is 21.4 Å². The van der Waals surface area contributed by atoms with Gasteiger partial charge in [0, 0.05) is 12.0 Å². The van der Waals surface area contributed by atoms with Crippen molar-refractivity contribution in [2.45, 2.75) is 50.8 Å². The van der Waals surface area contributed by atoms with Gasteiger partial charge in [0.1, 0.15) is 5.82 Å². The van der Waals surface area contributed by atoms with E-state index in [9.17, 15) is 8.42 Å². The van der Waals surface area contributed by atoms with Crippen LogP contribution < -0.4 is 0 Å². The molecule has 102 valence electrons. The van der Waals surface area contributed by atoms with Crippen LogP contribution in [-0.2, 0) is 21.8 Å². The van der Waals surface area contributed by atoms with E-state index in [4.69, 9.17) is 11.6 Å². The predicted molar refractivity (Wildman–Crippen MR) is 70.5 cm³/mol. The zero-order valence-electron chi connectivity index (χ0n) is 10.9. The number of hydrogen-bond acceptors (Lipinski definition) is 4. The van der Waals surface area contributed by atoms with Gasteiger partial charge >= 0.3 is 0 Å². The summed E-state index contributed by atoms with van der Waals surface area (Å²) in [6, 6.07) is 0. The second-order valence-corrected chi connectivity index (χ2v) is 8.52. The molecule has 0 aliphatic carbocycles. The molecule has 5 nitrogen and oxygen atoms in total. The third-order valence-corrected chi connectivity index (χ3v) is 5.76. The molecule has 2 heterocycles. The smallest absolute Gasteiger partial charge is 0.225 e. The van der Waals surface area contributed by atoms with Crippen molar-refractivity contribution in [3.8, 4) is 0 Å². The van der Waals surface area contributed by atoms with E-state index < -0.39 is 9.84 Å². The van der Waals surface area contributed by atoms with Crippen molar-refractivity contribution in [1.29, 1.82) is 0 Å². The van der Waals surface area contributed by atoms with E-state index in [0.717, 1.165) is 12.2 Å². The Kier molecular flexibility index (Phi) is 3.44. The van der Waals surface area contributed by atoms with Crippen molar-refractivity contribution in [3.63, 3.8) is 0 Å². The fourth-order valence-corrected chi connectivity index (χ4v) is 4.26. The fourth-order valence-electron chi connectivity index (χ4n) is 2.27. The van der Waals surface area contributed by atoms with Crippen LogP contribution in [0.3, 0.4) is 0 Å². The van der Waals surface area contributed by atoms with Crippen molar-refractivity contribution < 1.29 is 8.42 Å². The van der Waals surface area contributed by atoms with Crippen molar-refractivity contribution in [1.82, 2.24) is 14.8 Å². The van der Waals surface area contributed by atoms with Gasteiger partial charge < -0.3 is 4.57 Å². The van der Waals surface area contributed by atoms with Crippen LogP contribution in [0.1, 0.15) is 39.4 Å². The molecule has 0 aromatic carbocycles. The summed E-state index contributed by atoms with van der Waals surface area (Å²) in [5.74, 6) is 1.01. The van der Waals surface area contributed by atoms with Crippen LogP contribution >= 0.6 is 11.6 Å². The van der Waals surface area contributed by atoms with E-state index in [1.807, 2.05) is 20.8 Å². The maximum Gasteiger partial charge on any atom is 0.225 e. The van der Waals surface area contributed by atoms with Gasteiger partial charge in [0.25, 0.3) is 0 Å². The number of aromatic nitrogens is 3. The minimum atomic E-state index is -2.98. The number of hydrogen-bond donors (Lipinski definition) is 0. The summed E-state index contributed by atoms with van der Waals surface area (Å²) in [4.78, 5) is 0. The summed E-state index contributed by atoms with van der Waals surface area (Å²) in [7, 11) is -2.98. The Morgan fingerprint density at radius 1 is 1.39 bits per heavy atom. The summed E-state index contributed by atoms with van der Waals surface area (Å²) in [6.45, 7) is 6.38. The molecule has 2 rings (SSSR count). The molecule has 1 aromatic heterocycles. The highest BCUT2D eigenvalue weighted by Gasteiger charge is 2.34. The lowest BCUT2D eigenvalue weighted by Gasteiger charge is -2.20. The van der Waals surface area contributed by atoms with Crippen molar-refractivity contribution in [3.05, 3.63) is 11.1 Å². The van der Waals surface area contributed by atoms with Crippen LogP contribution in [0.25, 0.3) is 0 Å². The van der Waals surface area contributed by atoms with Crippen LogP contribution in [0.15, 0.2) is 0 Å². The molecule has 0 radical (unpaired) electrons. The molecule has 1 aliphatic heterocycles. The van der Waals surface area contributed by atoms with Gasteiger partial charge in [-0.2, -0.15) is 0 Å². The minimum Gasteiger partial charge on any atom is -0.300 e. The first-order valence-corrected chi connectivity index (χ1v) is 8.12. The molecule has 1 aliphatic rings. The predicted octanol–water partition coefficient (Wildman–Crippen LogP) is 1.81. The Labute approximate surface area is 112 Å². The van der Waals surface area contributed by atoms with E-state index in [-0.39, 0.29) is 21.7 Å². The lowest BCUT2D eigenvalue weighted by molar-refractivity contribution is 0.484. The third-order valence-electron chi connectivity index (χ3n) is 3.23. The lowest BCUT2D eigenvalue weighted by Crippen LogP contribution is -2.27. The standard InChI is InChI=1S/C11H18ClN3O2S/c1-11(2,3)9-13-14-10(12)15(9)7-8-5-4-6-18(8,16)17/h8H,4-7H2,1-3H3. The normalized spacial score (nSPS) is 23.4.